The molecule has 1 fully saturated rings. The van der Waals surface area contributed by atoms with Gasteiger partial charge in [0, 0.05) is 25.7 Å². The van der Waals surface area contributed by atoms with Gasteiger partial charge in [-0.1, -0.05) is 6.07 Å². The normalized spacial score (nSPS) is 18.1. The van der Waals surface area contributed by atoms with Gasteiger partial charge in [-0.2, -0.15) is 13.2 Å². The smallest absolute Gasteiger partial charge is 0.401 e. The number of aliphatic imine (C=N–C) groups is 1. The lowest BCUT2D eigenvalue weighted by Crippen LogP contribution is -2.45. The molecular formula is C17H25F4IN4O. The first-order valence-electron chi connectivity index (χ1n) is 8.47. The number of hydrogen-bond donors (Lipinski definition) is 2. The third-order valence-corrected chi connectivity index (χ3v) is 4.00. The molecule has 27 heavy (non-hydrogen) atoms. The Kier molecular flexibility index (Phi) is 9.57. The van der Waals surface area contributed by atoms with E-state index in [4.69, 9.17) is 4.74 Å². The Labute approximate surface area is 173 Å². The van der Waals surface area contributed by atoms with E-state index in [0.717, 1.165) is 0 Å². The maximum atomic E-state index is 13.7. The fourth-order valence-corrected chi connectivity index (χ4v) is 2.84. The molecule has 5 nitrogen and oxygen atoms in total. The molecule has 0 spiro atoms. The van der Waals surface area contributed by atoms with Crippen molar-refractivity contribution < 1.29 is 22.3 Å². The molecule has 1 atom stereocenters. The Morgan fingerprint density at radius 1 is 1.37 bits per heavy atom. The molecule has 1 saturated heterocycles. The maximum absolute atomic E-state index is 13.7. The average Bonchev–Trinajstić information content (AvgIpc) is 2.98. The van der Waals surface area contributed by atoms with E-state index < -0.39 is 18.5 Å². The highest BCUT2D eigenvalue weighted by atomic mass is 127. The molecule has 154 valence electrons. The summed E-state index contributed by atoms with van der Waals surface area (Å²) in [5, 5.41) is 6.21. The van der Waals surface area contributed by atoms with Crippen LogP contribution in [0.2, 0.25) is 0 Å². The van der Waals surface area contributed by atoms with Crippen molar-refractivity contribution in [2.24, 2.45) is 4.99 Å². The van der Waals surface area contributed by atoms with Crippen LogP contribution < -0.4 is 15.4 Å². The molecule has 1 aromatic rings. The molecule has 0 amide bonds. The zero-order valence-corrected chi connectivity index (χ0v) is 17.6. The zero-order valence-electron chi connectivity index (χ0n) is 15.3. The van der Waals surface area contributed by atoms with Crippen LogP contribution in [-0.2, 0) is 6.54 Å². The van der Waals surface area contributed by atoms with Crippen molar-refractivity contribution in [2.75, 3.05) is 33.3 Å². The van der Waals surface area contributed by atoms with Crippen LogP contribution in [0.1, 0.15) is 18.9 Å². The summed E-state index contributed by atoms with van der Waals surface area (Å²) in [6.45, 7) is 2.55. The van der Waals surface area contributed by atoms with Crippen molar-refractivity contribution in [1.82, 2.24) is 15.5 Å². The predicted molar refractivity (Wildman–Crippen MR) is 107 cm³/mol. The minimum Gasteiger partial charge on any atom is -0.494 e. The first-order valence-corrected chi connectivity index (χ1v) is 8.47. The highest BCUT2D eigenvalue weighted by molar-refractivity contribution is 14.0. The monoisotopic (exact) mass is 504 g/mol. The Morgan fingerprint density at radius 2 is 2.11 bits per heavy atom. The molecule has 1 aromatic carbocycles. The zero-order chi connectivity index (χ0) is 19.2. The van der Waals surface area contributed by atoms with E-state index in [1.54, 1.807) is 6.07 Å². The maximum Gasteiger partial charge on any atom is 0.401 e. The molecule has 10 heteroatoms. The van der Waals surface area contributed by atoms with Crippen LogP contribution in [-0.4, -0.2) is 56.4 Å². The number of likely N-dealkylation sites (tertiary alicyclic amines) is 1. The quantitative estimate of drug-likeness (QED) is 0.271. The number of methoxy groups -OCH3 is 1. The summed E-state index contributed by atoms with van der Waals surface area (Å²) in [5.74, 6) is 0.206. The molecule has 2 N–H and O–H groups in total. The van der Waals surface area contributed by atoms with Crippen molar-refractivity contribution in [1.29, 1.82) is 0 Å². The van der Waals surface area contributed by atoms with E-state index in [-0.39, 0.29) is 42.3 Å². The molecule has 0 bridgehead atoms. The third kappa shape index (κ3) is 8.08. The Balaban J connectivity index is 0.00000364. The van der Waals surface area contributed by atoms with Crippen molar-refractivity contribution in [3.05, 3.63) is 29.6 Å². The Bertz CT molecular complexity index is 627. The number of nitrogens with zero attached hydrogens (tertiary/aromatic N) is 2. The van der Waals surface area contributed by atoms with E-state index in [9.17, 15) is 17.6 Å². The number of alkyl halides is 3. The molecule has 1 heterocycles. The van der Waals surface area contributed by atoms with Crippen LogP contribution >= 0.6 is 24.0 Å². The summed E-state index contributed by atoms with van der Waals surface area (Å²) in [6, 6.07) is 4.50. The second kappa shape index (κ2) is 10.9. The fraction of sp³-hybridized carbons (Fsp3) is 0.588. The van der Waals surface area contributed by atoms with Gasteiger partial charge in [0.2, 0.25) is 0 Å². The molecule has 1 aliphatic heterocycles. The van der Waals surface area contributed by atoms with Crippen LogP contribution in [0.15, 0.2) is 23.2 Å². The second-order valence-corrected chi connectivity index (χ2v) is 6.14. The van der Waals surface area contributed by atoms with Crippen molar-refractivity contribution in [3.8, 4) is 5.75 Å². The number of guanidine groups is 1. The lowest BCUT2D eigenvalue weighted by Gasteiger charge is -2.19. The van der Waals surface area contributed by atoms with Crippen molar-refractivity contribution >= 4 is 29.9 Å². The third-order valence-electron chi connectivity index (χ3n) is 4.00. The summed E-state index contributed by atoms with van der Waals surface area (Å²) in [5.41, 5.74) is 0.672. The minimum absolute atomic E-state index is 0. The van der Waals surface area contributed by atoms with Gasteiger partial charge in [0.25, 0.3) is 0 Å². The van der Waals surface area contributed by atoms with Gasteiger partial charge in [0.1, 0.15) is 0 Å². The lowest BCUT2D eigenvalue weighted by atomic mass is 10.2. The summed E-state index contributed by atoms with van der Waals surface area (Å²) in [7, 11) is 1.40. The van der Waals surface area contributed by atoms with Gasteiger partial charge < -0.3 is 15.4 Å². The molecule has 2 rings (SSSR count). The van der Waals surface area contributed by atoms with E-state index >= 15 is 0 Å². The van der Waals surface area contributed by atoms with Gasteiger partial charge in [0.15, 0.2) is 17.5 Å². The summed E-state index contributed by atoms with van der Waals surface area (Å²) >= 11 is 0. The fourth-order valence-electron chi connectivity index (χ4n) is 2.84. The lowest BCUT2D eigenvalue weighted by molar-refractivity contribution is -0.143. The van der Waals surface area contributed by atoms with Gasteiger partial charge >= 0.3 is 6.18 Å². The van der Waals surface area contributed by atoms with E-state index in [2.05, 4.69) is 15.6 Å². The van der Waals surface area contributed by atoms with Gasteiger partial charge in [-0.3, -0.25) is 4.90 Å². The van der Waals surface area contributed by atoms with E-state index in [1.807, 2.05) is 6.92 Å². The van der Waals surface area contributed by atoms with Crippen LogP contribution in [0.4, 0.5) is 17.6 Å². The number of rotatable bonds is 6. The van der Waals surface area contributed by atoms with Crippen molar-refractivity contribution in [3.63, 3.8) is 0 Å². The Morgan fingerprint density at radius 3 is 2.70 bits per heavy atom. The Hall–Kier alpha value is -1.30. The minimum atomic E-state index is -4.19. The van der Waals surface area contributed by atoms with Gasteiger partial charge in [-0.15, -0.1) is 24.0 Å². The number of ether oxygens (including phenoxy) is 1. The van der Waals surface area contributed by atoms with Gasteiger partial charge in [0.05, 0.1) is 20.2 Å². The summed E-state index contributed by atoms with van der Waals surface area (Å²) in [4.78, 5) is 5.76. The summed E-state index contributed by atoms with van der Waals surface area (Å²) in [6.07, 6.45) is -3.58. The van der Waals surface area contributed by atoms with Crippen LogP contribution in [0.5, 0.6) is 5.75 Å². The topological polar surface area (TPSA) is 48.9 Å². The number of hydrogen-bond acceptors (Lipinski definition) is 3. The number of halogens is 5. The first-order chi connectivity index (χ1) is 12.3. The first kappa shape index (κ1) is 23.7. The number of benzene rings is 1. The largest absolute Gasteiger partial charge is 0.494 e. The van der Waals surface area contributed by atoms with Crippen LogP contribution in [0, 0.1) is 5.82 Å². The summed E-state index contributed by atoms with van der Waals surface area (Å²) < 4.78 is 56.0. The van der Waals surface area contributed by atoms with E-state index in [1.165, 1.54) is 24.1 Å². The molecular weight excluding hydrogens is 479 g/mol. The average molecular weight is 504 g/mol. The predicted octanol–water partition coefficient (Wildman–Crippen LogP) is 3.14. The highest BCUT2D eigenvalue weighted by Crippen LogP contribution is 2.20. The van der Waals surface area contributed by atoms with Crippen LogP contribution in [0.25, 0.3) is 0 Å². The van der Waals surface area contributed by atoms with Crippen LogP contribution in [0.3, 0.4) is 0 Å². The molecule has 0 aromatic heterocycles. The molecule has 0 radical (unpaired) electrons. The number of nitrogens with one attached hydrogen (secondary N) is 2. The highest BCUT2D eigenvalue weighted by Gasteiger charge is 2.34. The molecule has 0 saturated carbocycles. The van der Waals surface area contributed by atoms with Crippen molar-refractivity contribution in [2.45, 2.75) is 32.1 Å². The van der Waals surface area contributed by atoms with Gasteiger partial charge in [-0.25, -0.2) is 9.38 Å². The molecule has 1 unspecified atom stereocenters. The SMILES string of the molecule is CCNC(=NCc1ccc(OC)c(F)c1)NC1CCN(CC(F)(F)F)C1.I. The molecule has 1 aliphatic rings. The van der Waals surface area contributed by atoms with E-state index in [0.29, 0.717) is 37.6 Å². The molecule has 0 aliphatic carbocycles. The second-order valence-electron chi connectivity index (χ2n) is 6.14. The van der Waals surface area contributed by atoms with Gasteiger partial charge in [-0.05, 0) is 31.0 Å². The standard InChI is InChI=1S/C17H24F4N4O.HI/c1-3-22-16(23-9-12-4-5-15(26-2)14(18)8-12)24-13-6-7-25(10-13)11-17(19,20)21;/h4-5,8,13H,3,6-7,9-11H2,1-2H3,(H2,22,23,24);1H.